The van der Waals surface area contributed by atoms with Gasteiger partial charge >= 0.3 is 5.97 Å². The molecule has 0 saturated heterocycles. The third-order valence-electron chi connectivity index (χ3n) is 3.16. The molecule has 0 atom stereocenters. The number of halogens is 1. The molecule has 0 aromatic heterocycles. The van der Waals surface area contributed by atoms with Crippen LogP contribution in [0.25, 0.3) is 0 Å². The standard InChI is InChI=1S/C18H19BrN2O4/c1-3-24-16-10-12(9-15(19)17(16)25-4-2)11-20-21-14-7-5-13(6-8-14)18(22)23/h5-11,21H,3-4H2,1-2H3,(H,22,23). The molecule has 6 nitrogen and oxygen atoms in total. The summed E-state index contributed by atoms with van der Waals surface area (Å²) in [5.41, 5.74) is 4.61. The van der Waals surface area contributed by atoms with Gasteiger partial charge in [-0.2, -0.15) is 5.10 Å². The molecule has 0 unspecified atom stereocenters. The first-order chi connectivity index (χ1) is 12.0. The third kappa shape index (κ3) is 5.22. The minimum atomic E-state index is -0.960. The number of aromatic carboxylic acids is 1. The average molecular weight is 407 g/mol. The summed E-state index contributed by atoms with van der Waals surface area (Å²) >= 11 is 3.48. The molecule has 0 aliphatic carbocycles. The zero-order valence-electron chi connectivity index (χ0n) is 14.0. The van der Waals surface area contributed by atoms with E-state index >= 15 is 0 Å². The Morgan fingerprint density at radius 3 is 2.48 bits per heavy atom. The first kappa shape index (κ1) is 18.8. The summed E-state index contributed by atoms with van der Waals surface area (Å²) in [6.07, 6.45) is 1.65. The quantitative estimate of drug-likeness (QED) is 0.501. The van der Waals surface area contributed by atoms with Gasteiger partial charge < -0.3 is 14.6 Å². The Morgan fingerprint density at radius 2 is 1.88 bits per heavy atom. The van der Waals surface area contributed by atoms with Crippen molar-refractivity contribution in [2.24, 2.45) is 5.10 Å². The number of carboxylic acids is 1. The molecule has 0 radical (unpaired) electrons. The van der Waals surface area contributed by atoms with Crippen molar-refractivity contribution in [3.63, 3.8) is 0 Å². The molecule has 2 N–H and O–H groups in total. The molecule has 2 rings (SSSR count). The fourth-order valence-corrected chi connectivity index (χ4v) is 2.65. The number of carbonyl (C=O) groups is 1. The molecule has 0 aliphatic heterocycles. The van der Waals surface area contributed by atoms with Gasteiger partial charge in [0.1, 0.15) is 0 Å². The van der Waals surface area contributed by atoms with Crippen molar-refractivity contribution in [1.82, 2.24) is 0 Å². The SMILES string of the molecule is CCOc1cc(C=NNc2ccc(C(=O)O)cc2)cc(Br)c1OCC. The highest BCUT2D eigenvalue weighted by Gasteiger charge is 2.11. The summed E-state index contributed by atoms with van der Waals surface area (Å²) < 4.78 is 12.0. The molecule has 0 amide bonds. The van der Waals surface area contributed by atoms with Crippen LogP contribution in [0.5, 0.6) is 11.5 Å². The summed E-state index contributed by atoms with van der Waals surface area (Å²) in [5, 5.41) is 13.0. The minimum Gasteiger partial charge on any atom is -0.490 e. The van der Waals surface area contributed by atoms with Crippen LogP contribution in [0.1, 0.15) is 29.8 Å². The molecule has 0 fully saturated rings. The summed E-state index contributed by atoms with van der Waals surface area (Å²) in [6.45, 7) is 4.89. The van der Waals surface area contributed by atoms with Crippen LogP contribution in [0.4, 0.5) is 5.69 Å². The highest BCUT2D eigenvalue weighted by Crippen LogP contribution is 2.36. The van der Waals surface area contributed by atoms with E-state index in [9.17, 15) is 4.79 Å². The molecule has 0 heterocycles. The van der Waals surface area contributed by atoms with Gasteiger partial charge in [-0.1, -0.05) is 0 Å². The first-order valence-electron chi connectivity index (χ1n) is 7.76. The smallest absolute Gasteiger partial charge is 0.335 e. The third-order valence-corrected chi connectivity index (χ3v) is 3.75. The van der Waals surface area contributed by atoms with Crippen LogP contribution in [0.3, 0.4) is 0 Å². The topological polar surface area (TPSA) is 80.2 Å². The number of nitrogens with one attached hydrogen (secondary N) is 1. The molecular formula is C18H19BrN2O4. The van der Waals surface area contributed by atoms with Gasteiger partial charge in [-0.05, 0) is 71.7 Å². The van der Waals surface area contributed by atoms with Gasteiger partial charge in [0, 0.05) is 0 Å². The highest BCUT2D eigenvalue weighted by atomic mass is 79.9. The lowest BCUT2D eigenvalue weighted by Gasteiger charge is -2.13. The molecule has 132 valence electrons. The van der Waals surface area contributed by atoms with Gasteiger partial charge in [-0.25, -0.2) is 4.79 Å². The maximum atomic E-state index is 10.8. The lowest BCUT2D eigenvalue weighted by atomic mass is 10.2. The number of rotatable bonds is 8. The fourth-order valence-electron chi connectivity index (χ4n) is 2.08. The second-order valence-electron chi connectivity index (χ2n) is 4.95. The number of nitrogens with zero attached hydrogens (tertiary/aromatic N) is 1. The Morgan fingerprint density at radius 1 is 1.20 bits per heavy atom. The van der Waals surface area contributed by atoms with E-state index in [2.05, 4.69) is 26.5 Å². The average Bonchev–Trinajstić information content (AvgIpc) is 2.59. The lowest BCUT2D eigenvalue weighted by Crippen LogP contribution is -2.00. The molecule has 0 saturated carbocycles. The molecule has 0 bridgehead atoms. The van der Waals surface area contributed by atoms with Gasteiger partial charge in [-0.15, -0.1) is 0 Å². The Hall–Kier alpha value is -2.54. The normalized spacial score (nSPS) is 10.7. The van der Waals surface area contributed by atoms with Crippen LogP contribution in [0.2, 0.25) is 0 Å². The Kier molecular flexibility index (Phi) is 6.82. The summed E-state index contributed by atoms with van der Waals surface area (Å²) in [4.78, 5) is 10.8. The number of carboxylic acid groups (broad SMARTS) is 1. The van der Waals surface area contributed by atoms with Crippen molar-refractivity contribution in [3.05, 3.63) is 52.0 Å². The summed E-state index contributed by atoms with van der Waals surface area (Å²) in [7, 11) is 0. The van der Waals surface area contributed by atoms with Crippen molar-refractivity contribution < 1.29 is 19.4 Å². The number of benzene rings is 2. The lowest BCUT2D eigenvalue weighted by molar-refractivity contribution is 0.0697. The van der Waals surface area contributed by atoms with E-state index in [4.69, 9.17) is 14.6 Å². The predicted molar refractivity (Wildman–Crippen MR) is 101 cm³/mol. The largest absolute Gasteiger partial charge is 0.490 e. The maximum Gasteiger partial charge on any atom is 0.335 e. The Balaban J connectivity index is 2.13. The molecule has 0 spiro atoms. The summed E-state index contributed by atoms with van der Waals surface area (Å²) in [5.74, 6) is 0.349. The molecule has 2 aromatic rings. The predicted octanol–water partition coefficient (Wildman–Crippen LogP) is 4.39. The van der Waals surface area contributed by atoms with Crippen LogP contribution in [0, 0.1) is 0 Å². The number of anilines is 1. The van der Waals surface area contributed by atoms with E-state index in [1.54, 1.807) is 18.3 Å². The van der Waals surface area contributed by atoms with E-state index < -0.39 is 5.97 Å². The van der Waals surface area contributed by atoms with Crippen LogP contribution in [-0.2, 0) is 0 Å². The number of hydrazone groups is 1. The second kappa shape index (κ2) is 9.08. The van der Waals surface area contributed by atoms with Crippen LogP contribution in [0.15, 0.2) is 46.0 Å². The second-order valence-corrected chi connectivity index (χ2v) is 5.80. The zero-order chi connectivity index (χ0) is 18.2. The van der Waals surface area contributed by atoms with E-state index in [1.165, 1.54) is 12.1 Å². The van der Waals surface area contributed by atoms with E-state index in [-0.39, 0.29) is 5.56 Å². The maximum absolute atomic E-state index is 10.8. The highest BCUT2D eigenvalue weighted by molar-refractivity contribution is 9.10. The Bertz CT molecular complexity index is 760. The molecule has 0 aliphatic rings. The van der Waals surface area contributed by atoms with Gasteiger partial charge in [-0.3, -0.25) is 5.43 Å². The van der Waals surface area contributed by atoms with Crippen LogP contribution in [-0.4, -0.2) is 30.5 Å². The van der Waals surface area contributed by atoms with Crippen molar-refractivity contribution in [3.8, 4) is 11.5 Å². The monoisotopic (exact) mass is 406 g/mol. The van der Waals surface area contributed by atoms with Gasteiger partial charge in [0.15, 0.2) is 11.5 Å². The van der Waals surface area contributed by atoms with Crippen molar-refractivity contribution >= 4 is 33.8 Å². The van der Waals surface area contributed by atoms with Gasteiger partial charge in [0.2, 0.25) is 0 Å². The molecule has 7 heteroatoms. The number of ether oxygens (including phenoxy) is 2. The number of hydrogen-bond acceptors (Lipinski definition) is 5. The van der Waals surface area contributed by atoms with Crippen molar-refractivity contribution in [1.29, 1.82) is 0 Å². The first-order valence-corrected chi connectivity index (χ1v) is 8.56. The molecule has 25 heavy (non-hydrogen) atoms. The van der Waals surface area contributed by atoms with Crippen LogP contribution < -0.4 is 14.9 Å². The molecule has 2 aromatic carbocycles. The van der Waals surface area contributed by atoms with Gasteiger partial charge in [0.25, 0.3) is 0 Å². The zero-order valence-corrected chi connectivity index (χ0v) is 15.5. The van der Waals surface area contributed by atoms with E-state index in [0.717, 1.165) is 10.0 Å². The minimum absolute atomic E-state index is 0.228. The fraction of sp³-hybridized carbons (Fsp3) is 0.222. The molecular weight excluding hydrogens is 388 g/mol. The van der Waals surface area contributed by atoms with Crippen LogP contribution >= 0.6 is 15.9 Å². The number of hydrogen-bond donors (Lipinski definition) is 2. The van der Waals surface area contributed by atoms with Crippen molar-refractivity contribution in [2.45, 2.75) is 13.8 Å². The Labute approximate surface area is 154 Å². The van der Waals surface area contributed by atoms with E-state index in [1.807, 2.05) is 26.0 Å². The van der Waals surface area contributed by atoms with E-state index in [0.29, 0.717) is 30.4 Å². The van der Waals surface area contributed by atoms with Gasteiger partial charge in [0.05, 0.1) is 35.2 Å². The van der Waals surface area contributed by atoms with Crippen molar-refractivity contribution in [2.75, 3.05) is 18.6 Å². The summed E-state index contributed by atoms with van der Waals surface area (Å²) in [6, 6.07) is 10.1.